The number of nitrogens with zero attached hydrogens (tertiary/aromatic N) is 4. The van der Waals surface area contributed by atoms with Crippen LogP contribution in [0.3, 0.4) is 0 Å². The van der Waals surface area contributed by atoms with E-state index in [0.29, 0.717) is 17.8 Å². The maximum Gasteiger partial charge on any atom is 0.416 e. The van der Waals surface area contributed by atoms with E-state index in [1.54, 1.807) is 48.7 Å². The number of urea groups is 1. The minimum absolute atomic E-state index is 0.0499. The summed E-state index contributed by atoms with van der Waals surface area (Å²) in [6.45, 7) is 0.616. The number of hydrogen-bond donors (Lipinski definition) is 3. The van der Waals surface area contributed by atoms with E-state index >= 15 is 0 Å². The molecular formula is C25H22F3N7O3. The van der Waals surface area contributed by atoms with Gasteiger partial charge in [-0.2, -0.15) is 13.2 Å². The van der Waals surface area contributed by atoms with Crippen molar-refractivity contribution in [3.05, 3.63) is 95.4 Å². The van der Waals surface area contributed by atoms with Gasteiger partial charge in [0, 0.05) is 24.8 Å². The number of nitrogens with two attached hydrogens (primary N) is 1. The Labute approximate surface area is 214 Å². The summed E-state index contributed by atoms with van der Waals surface area (Å²) in [6.07, 6.45) is -1.85. The van der Waals surface area contributed by atoms with E-state index < -0.39 is 23.7 Å². The molecule has 0 unspecified atom stereocenters. The number of halogens is 3. The summed E-state index contributed by atoms with van der Waals surface area (Å²) in [4.78, 5) is 20.4. The molecule has 0 aliphatic carbocycles. The monoisotopic (exact) mass is 525 g/mol. The second-order valence-electron chi connectivity index (χ2n) is 8.13. The van der Waals surface area contributed by atoms with Gasteiger partial charge in [0.15, 0.2) is 0 Å². The molecule has 13 heteroatoms. The van der Waals surface area contributed by atoms with Crippen molar-refractivity contribution in [3.63, 3.8) is 0 Å². The summed E-state index contributed by atoms with van der Waals surface area (Å²) in [6, 6.07) is 14.0. The van der Waals surface area contributed by atoms with Crippen LogP contribution in [0.15, 0.2) is 82.6 Å². The Kier molecular flexibility index (Phi) is 7.97. The van der Waals surface area contributed by atoms with Gasteiger partial charge in [0.25, 0.3) is 6.20 Å². The molecule has 0 radical (unpaired) electrons. The lowest BCUT2D eigenvalue weighted by Crippen LogP contribution is -2.35. The zero-order chi connectivity index (χ0) is 27.1. The molecule has 4 rings (SSSR count). The number of carbonyl (C=O) groups is 1. The van der Waals surface area contributed by atoms with Crippen molar-refractivity contribution in [2.24, 2.45) is 10.7 Å². The SMILES string of the molecule is NCc1ccc(CC([O-])=Nc2cc(NC(=O)Nc3c[n+](Cc4ccccn4)no3)cc(C(F)(F)F)c2)cc1. The Balaban J connectivity index is 1.46. The van der Waals surface area contributed by atoms with Crippen molar-refractivity contribution in [2.75, 3.05) is 10.6 Å². The van der Waals surface area contributed by atoms with Crippen LogP contribution in [0.5, 0.6) is 0 Å². The summed E-state index contributed by atoms with van der Waals surface area (Å²) in [5.74, 6) is -0.703. The van der Waals surface area contributed by atoms with Crippen LogP contribution in [0, 0.1) is 0 Å². The number of amides is 2. The van der Waals surface area contributed by atoms with Crippen molar-refractivity contribution in [2.45, 2.75) is 25.7 Å². The minimum Gasteiger partial charge on any atom is -0.861 e. The average Bonchev–Trinajstić information content (AvgIpc) is 3.30. The maximum absolute atomic E-state index is 13.5. The lowest BCUT2D eigenvalue weighted by Gasteiger charge is -2.14. The van der Waals surface area contributed by atoms with Gasteiger partial charge in [0.2, 0.25) is 11.8 Å². The van der Waals surface area contributed by atoms with Crippen molar-refractivity contribution >= 4 is 29.2 Å². The number of aromatic nitrogens is 3. The number of anilines is 2. The minimum atomic E-state index is -4.73. The standard InChI is InChI=1S/C25H22F3N7O3/c26-25(27,28)18-10-20(31-22(36)9-16-4-6-17(13-29)7-5-16)12-21(11-18)32-24(37)33-23-15-35(34-38-23)14-19-3-1-2-8-30-19/h1-8,10-12,15H,9,13-14,29H2,(H2-,31,32,33,34,36,37). The number of pyridine rings is 1. The van der Waals surface area contributed by atoms with E-state index in [-0.39, 0.29) is 30.2 Å². The van der Waals surface area contributed by atoms with Crippen LogP contribution in [-0.2, 0) is 25.7 Å². The third kappa shape index (κ3) is 7.36. The van der Waals surface area contributed by atoms with Gasteiger partial charge >= 0.3 is 18.1 Å². The third-order valence-corrected chi connectivity index (χ3v) is 5.17. The molecule has 0 bridgehead atoms. The quantitative estimate of drug-likeness (QED) is 0.183. The molecule has 0 saturated carbocycles. The van der Waals surface area contributed by atoms with Gasteiger partial charge in [0.1, 0.15) is 5.69 Å². The second-order valence-corrected chi connectivity index (χ2v) is 8.13. The summed E-state index contributed by atoms with van der Waals surface area (Å²) in [7, 11) is 0. The van der Waals surface area contributed by atoms with E-state index in [1.807, 2.05) is 0 Å². The Morgan fingerprint density at radius 1 is 1.08 bits per heavy atom. The van der Waals surface area contributed by atoms with Crippen molar-refractivity contribution in [3.8, 4) is 0 Å². The molecule has 10 nitrogen and oxygen atoms in total. The molecule has 0 aliphatic heterocycles. The normalized spacial score (nSPS) is 11.8. The van der Waals surface area contributed by atoms with E-state index in [4.69, 9.17) is 10.3 Å². The fourth-order valence-electron chi connectivity index (χ4n) is 3.40. The maximum atomic E-state index is 13.5. The van der Waals surface area contributed by atoms with E-state index in [0.717, 1.165) is 23.8 Å². The Morgan fingerprint density at radius 2 is 1.84 bits per heavy atom. The van der Waals surface area contributed by atoms with Gasteiger partial charge in [-0.25, -0.2) is 4.79 Å². The summed E-state index contributed by atoms with van der Waals surface area (Å²) >= 11 is 0. The molecule has 4 N–H and O–H groups in total. The summed E-state index contributed by atoms with van der Waals surface area (Å²) in [5.41, 5.74) is 6.19. The van der Waals surface area contributed by atoms with Gasteiger partial charge in [-0.1, -0.05) is 30.3 Å². The van der Waals surface area contributed by atoms with Crippen LogP contribution in [0.1, 0.15) is 22.4 Å². The Bertz CT molecular complexity index is 1420. The first-order valence-corrected chi connectivity index (χ1v) is 11.3. The first kappa shape index (κ1) is 26.3. The van der Waals surface area contributed by atoms with Gasteiger partial charge in [0.05, 0.1) is 11.3 Å². The molecule has 0 aliphatic rings. The van der Waals surface area contributed by atoms with Gasteiger partial charge < -0.3 is 16.2 Å². The number of carbonyl (C=O) groups excluding carboxylic acids is 1. The first-order valence-electron chi connectivity index (χ1n) is 11.3. The molecule has 2 aromatic carbocycles. The van der Waals surface area contributed by atoms with Gasteiger partial charge in [-0.15, -0.1) is 0 Å². The van der Waals surface area contributed by atoms with E-state index in [9.17, 15) is 23.1 Å². The highest BCUT2D eigenvalue weighted by atomic mass is 19.4. The molecule has 0 atom stereocenters. The topological polar surface area (TPSA) is 145 Å². The molecule has 4 aromatic rings. The highest BCUT2D eigenvalue weighted by Crippen LogP contribution is 2.34. The highest BCUT2D eigenvalue weighted by molar-refractivity contribution is 5.99. The molecule has 196 valence electrons. The molecule has 0 saturated heterocycles. The molecule has 0 fully saturated rings. The predicted octanol–water partition coefficient (Wildman–Crippen LogP) is 3.16. The molecule has 2 aromatic heterocycles. The summed E-state index contributed by atoms with van der Waals surface area (Å²) < 4.78 is 46.8. The second kappa shape index (κ2) is 11.5. The smallest absolute Gasteiger partial charge is 0.416 e. The van der Waals surface area contributed by atoms with Crippen LogP contribution >= 0.6 is 0 Å². The number of hydrogen-bond acceptors (Lipinski definition) is 7. The van der Waals surface area contributed by atoms with Crippen molar-refractivity contribution < 1.29 is 32.3 Å². The van der Waals surface area contributed by atoms with Crippen LogP contribution < -0.4 is 26.2 Å². The number of nitrogens with one attached hydrogen (secondary N) is 2. The lowest BCUT2D eigenvalue weighted by atomic mass is 10.1. The molecule has 2 amide bonds. The third-order valence-electron chi connectivity index (χ3n) is 5.17. The number of benzene rings is 2. The number of aliphatic imine (C=N–C) groups is 1. The fraction of sp³-hybridized carbons (Fsp3) is 0.160. The first-order chi connectivity index (χ1) is 18.2. The lowest BCUT2D eigenvalue weighted by molar-refractivity contribution is -0.755. The van der Waals surface area contributed by atoms with Crippen LogP contribution in [0.25, 0.3) is 0 Å². The molecular weight excluding hydrogens is 503 g/mol. The largest absolute Gasteiger partial charge is 0.861 e. The molecule has 2 heterocycles. The van der Waals surface area contributed by atoms with Gasteiger partial charge in [-0.3, -0.25) is 19.8 Å². The molecule has 38 heavy (non-hydrogen) atoms. The average molecular weight is 525 g/mol. The number of alkyl halides is 3. The zero-order valence-corrected chi connectivity index (χ0v) is 19.8. The van der Waals surface area contributed by atoms with Crippen LogP contribution in [0.4, 0.5) is 35.2 Å². The zero-order valence-electron chi connectivity index (χ0n) is 19.8. The van der Waals surface area contributed by atoms with Crippen molar-refractivity contribution in [1.29, 1.82) is 0 Å². The van der Waals surface area contributed by atoms with Crippen LogP contribution in [0.2, 0.25) is 0 Å². The van der Waals surface area contributed by atoms with E-state index in [1.165, 1.54) is 10.9 Å². The fourth-order valence-corrected chi connectivity index (χ4v) is 3.40. The molecule has 0 spiro atoms. The van der Waals surface area contributed by atoms with Crippen molar-refractivity contribution in [1.82, 2.24) is 10.3 Å². The summed E-state index contributed by atoms with van der Waals surface area (Å²) in [5, 5.41) is 20.8. The Morgan fingerprint density at radius 3 is 2.53 bits per heavy atom. The Hall–Kier alpha value is -4.78. The van der Waals surface area contributed by atoms with E-state index in [2.05, 4.69) is 25.9 Å². The predicted molar refractivity (Wildman–Crippen MR) is 129 cm³/mol. The highest BCUT2D eigenvalue weighted by Gasteiger charge is 2.31. The van der Waals surface area contributed by atoms with Crippen LogP contribution in [-0.4, -0.2) is 22.2 Å². The van der Waals surface area contributed by atoms with Gasteiger partial charge in [-0.05, 0) is 52.0 Å². The number of rotatable bonds is 8.